The van der Waals surface area contributed by atoms with E-state index in [4.69, 9.17) is 4.43 Å². The summed E-state index contributed by atoms with van der Waals surface area (Å²) in [6, 6.07) is 0. The molecule has 2 heteroatoms. The third kappa shape index (κ3) is 14.2. The maximum absolute atomic E-state index is 5.81. The van der Waals surface area contributed by atoms with Crippen LogP contribution in [0.25, 0.3) is 0 Å². The first-order valence-electron chi connectivity index (χ1n) is 6.70. The Morgan fingerprint density at radius 2 is 1.20 bits per heavy atom. The predicted octanol–water partition coefficient (Wildman–Crippen LogP) is 4.98. The van der Waals surface area contributed by atoms with Crippen molar-refractivity contribution in [2.75, 3.05) is 6.61 Å². The van der Waals surface area contributed by atoms with E-state index in [-0.39, 0.29) is 0 Å². The van der Waals surface area contributed by atoms with Crippen LogP contribution in [0.4, 0.5) is 0 Å². The first kappa shape index (κ1) is 15.2. The van der Waals surface area contributed by atoms with E-state index in [1.54, 1.807) is 0 Å². The highest BCUT2D eigenvalue weighted by Crippen LogP contribution is 2.09. The van der Waals surface area contributed by atoms with Gasteiger partial charge < -0.3 is 4.43 Å². The quantitative estimate of drug-likeness (QED) is 0.380. The molecule has 0 aliphatic heterocycles. The van der Waals surface area contributed by atoms with Crippen molar-refractivity contribution in [3.05, 3.63) is 0 Å². The highest BCUT2D eigenvalue weighted by atomic mass is 28.4. The molecule has 0 amide bonds. The van der Waals surface area contributed by atoms with Crippen LogP contribution in [0.1, 0.15) is 58.3 Å². The lowest BCUT2D eigenvalue weighted by atomic mass is 10.1. The van der Waals surface area contributed by atoms with Gasteiger partial charge in [0.25, 0.3) is 0 Å². The van der Waals surface area contributed by atoms with Crippen LogP contribution in [0.2, 0.25) is 19.6 Å². The first-order valence-corrected chi connectivity index (χ1v) is 10.1. The molecule has 15 heavy (non-hydrogen) atoms. The van der Waals surface area contributed by atoms with Crippen LogP contribution in [0.15, 0.2) is 0 Å². The molecular formula is C13H30OSi. The zero-order chi connectivity index (χ0) is 11.6. The summed E-state index contributed by atoms with van der Waals surface area (Å²) in [6.07, 6.45) is 11.1. The average molecular weight is 230 g/mol. The Balaban J connectivity index is 2.99. The Morgan fingerprint density at radius 3 is 1.67 bits per heavy atom. The molecule has 92 valence electrons. The largest absolute Gasteiger partial charge is 0.418 e. The smallest absolute Gasteiger partial charge is 0.183 e. The SMILES string of the molecule is CCCCCCCCCCO[Si](C)(C)C. The van der Waals surface area contributed by atoms with Crippen molar-refractivity contribution >= 4 is 8.32 Å². The van der Waals surface area contributed by atoms with E-state index in [1.807, 2.05) is 0 Å². The summed E-state index contributed by atoms with van der Waals surface area (Å²) in [6.45, 7) is 10.0. The van der Waals surface area contributed by atoms with Gasteiger partial charge in [0.05, 0.1) is 0 Å². The highest BCUT2D eigenvalue weighted by Gasteiger charge is 2.12. The third-order valence-corrected chi connectivity index (χ3v) is 3.60. The summed E-state index contributed by atoms with van der Waals surface area (Å²) in [5, 5.41) is 0. The molecule has 0 aliphatic rings. The van der Waals surface area contributed by atoms with Crippen molar-refractivity contribution in [1.82, 2.24) is 0 Å². The minimum atomic E-state index is -1.24. The lowest BCUT2D eigenvalue weighted by Gasteiger charge is -2.16. The molecule has 0 fully saturated rings. The van der Waals surface area contributed by atoms with E-state index >= 15 is 0 Å². The maximum atomic E-state index is 5.81. The van der Waals surface area contributed by atoms with E-state index in [1.165, 1.54) is 51.4 Å². The molecule has 0 aromatic rings. The fraction of sp³-hybridized carbons (Fsp3) is 1.00. The molecule has 0 aliphatic carbocycles. The third-order valence-electron chi connectivity index (χ3n) is 2.53. The van der Waals surface area contributed by atoms with Crippen molar-refractivity contribution in [3.8, 4) is 0 Å². The topological polar surface area (TPSA) is 9.23 Å². The minimum Gasteiger partial charge on any atom is -0.418 e. The van der Waals surface area contributed by atoms with Gasteiger partial charge in [-0.15, -0.1) is 0 Å². The Labute approximate surface area is 97.7 Å². The highest BCUT2D eigenvalue weighted by molar-refractivity contribution is 6.69. The van der Waals surface area contributed by atoms with Crippen molar-refractivity contribution in [3.63, 3.8) is 0 Å². The van der Waals surface area contributed by atoms with Gasteiger partial charge in [-0.05, 0) is 26.1 Å². The van der Waals surface area contributed by atoms with Crippen molar-refractivity contribution < 1.29 is 4.43 Å². The Morgan fingerprint density at radius 1 is 0.733 bits per heavy atom. The Kier molecular flexibility index (Phi) is 9.52. The van der Waals surface area contributed by atoms with Crippen LogP contribution in [-0.2, 0) is 4.43 Å². The summed E-state index contributed by atoms with van der Waals surface area (Å²) in [4.78, 5) is 0. The van der Waals surface area contributed by atoms with Gasteiger partial charge in [0, 0.05) is 6.61 Å². The van der Waals surface area contributed by atoms with Gasteiger partial charge in [-0.3, -0.25) is 0 Å². The predicted molar refractivity (Wildman–Crippen MR) is 71.9 cm³/mol. The minimum absolute atomic E-state index is 0.991. The Bertz CT molecular complexity index is 129. The second kappa shape index (κ2) is 9.41. The van der Waals surface area contributed by atoms with Crippen LogP contribution in [0.3, 0.4) is 0 Å². The summed E-state index contributed by atoms with van der Waals surface area (Å²) < 4.78 is 5.81. The van der Waals surface area contributed by atoms with E-state index in [2.05, 4.69) is 26.6 Å². The lowest BCUT2D eigenvalue weighted by Crippen LogP contribution is -2.25. The maximum Gasteiger partial charge on any atom is 0.183 e. The molecule has 0 atom stereocenters. The second-order valence-electron chi connectivity index (χ2n) is 5.44. The number of hydrogen-bond acceptors (Lipinski definition) is 1. The monoisotopic (exact) mass is 230 g/mol. The van der Waals surface area contributed by atoms with E-state index in [0.29, 0.717) is 0 Å². The molecular weight excluding hydrogens is 200 g/mol. The Hall–Kier alpha value is 0.177. The first-order chi connectivity index (χ1) is 7.06. The molecule has 0 bridgehead atoms. The zero-order valence-electron chi connectivity index (χ0n) is 11.3. The fourth-order valence-corrected chi connectivity index (χ4v) is 2.37. The number of unbranched alkanes of at least 4 members (excludes halogenated alkanes) is 7. The molecule has 0 spiro atoms. The standard InChI is InChI=1S/C13H30OSi/c1-5-6-7-8-9-10-11-12-13-14-15(2,3)4/h5-13H2,1-4H3. The van der Waals surface area contributed by atoms with E-state index in [9.17, 15) is 0 Å². The van der Waals surface area contributed by atoms with Crippen LogP contribution < -0.4 is 0 Å². The molecule has 0 rings (SSSR count). The van der Waals surface area contributed by atoms with Gasteiger partial charge in [0.2, 0.25) is 0 Å². The van der Waals surface area contributed by atoms with Crippen LogP contribution in [0.5, 0.6) is 0 Å². The lowest BCUT2D eigenvalue weighted by molar-refractivity contribution is 0.298. The molecule has 0 radical (unpaired) electrons. The van der Waals surface area contributed by atoms with Crippen LogP contribution in [0, 0.1) is 0 Å². The van der Waals surface area contributed by atoms with Gasteiger partial charge in [-0.2, -0.15) is 0 Å². The van der Waals surface area contributed by atoms with Gasteiger partial charge in [0.15, 0.2) is 8.32 Å². The molecule has 0 aromatic heterocycles. The summed E-state index contributed by atoms with van der Waals surface area (Å²) in [7, 11) is -1.24. The average Bonchev–Trinajstić information content (AvgIpc) is 2.14. The van der Waals surface area contributed by atoms with Crippen LogP contribution in [-0.4, -0.2) is 14.9 Å². The molecule has 0 saturated heterocycles. The van der Waals surface area contributed by atoms with Gasteiger partial charge in [-0.1, -0.05) is 51.9 Å². The van der Waals surface area contributed by atoms with Crippen molar-refractivity contribution in [2.24, 2.45) is 0 Å². The van der Waals surface area contributed by atoms with Gasteiger partial charge in [-0.25, -0.2) is 0 Å². The second-order valence-corrected chi connectivity index (χ2v) is 9.95. The number of rotatable bonds is 10. The molecule has 1 nitrogen and oxygen atoms in total. The molecule has 0 saturated carbocycles. The molecule has 0 aromatic carbocycles. The summed E-state index contributed by atoms with van der Waals surface area (Å²) in [5.41, 5.74) is 0. The fourth-order valence-electron chi connectivity index (χ4n) is 1.61. The van der Waals surface area contributed by atoms with Crippen molar-refractivity contribution in [2.45, 2.75) is 77.9 Å². The summed E-state index contributed by atoms with van der Waals surface area (Å²) in [5.74, 6) is 0. The van der Waals surface area contributed by atoms with Gasteiger partial charge in [0.1, 0.15) is 0 Å². The molecule has 0 unspecified atom stereocenters. The number of hydrogen-bond donors (Lipinski definition) is 0. The zero-order valence-corrected chi connectivity index (χ0v) is 12.3. The normalized spacial score (nSPS) is 12.0. The van der Waals surface area contributed by atoms with Crippen LogP contribution >= 0.6 is 0 Å². The van der Waals surface area contributed by atoms with Gasteiger partial charge >= 0.3 is 0 Å². The van der Waals surface area contributed by atoms with Crippen molar-refractivity contribution in [1.29, 1.82) is 0 Å². The van der Waals surface area contributed by atoms with E-state index < -0.39 is 8.32 Å². The summed E-state index contributed by atoms with van der Waals surface area (Å²) >= 11 is 0. The molecule has 0 N–H and O–H groups in total. The van der Waals surface area contributed by atoms with E-state index in [0.717, 1.165) is 6.61 Å². The molecule has 0 heterocycles.